The predicted molar refractivity (Wildman–Crippen MR) is 151 cm³/mol. The number of aromatic amines is 1. The zero-order valence-electron chi connectivity index (χ0n) is 21.7. The number of nitrogens with zero attached hydrogens (tertiary/aromatic N) is 1. The third-order valence-electron chi connectivity index (χ3n) is 7.54. The zero-order valence-corrected chi connectivity index (χ0v) is 21.7. The summed E-state index contributed by atoms with van der Waals surface area (Å²) in [5, 5.41) is 3.94. The number of rotatable bonds is 6. The lowest BCUT2D eigenvalue weighted by molar-refractivity contribution is -0.125. The standard InChI is InChI=1S/C33H28FN3O2/c1-20-11-15-23(16-12-20)30-29(27-9-5-6-10-28(27)36-30)31-25-7-3-4-8-26(25)33(39)37(31)21(2)32(38)35-19-22-13-17-24(34)18-14-22/h3-18,21,31,36H,19H2,1-2H3,(H,35,38)/t21-,31+/m1/s1. The Labute approximate surface area is 226 Å². The Morgan fingerprint density at radius 3 is 2.41 bits per heavy atom. The smallest absolute Gasteiger partial charge is 0.255 e. The fourth-order valence-corrected chi connectivity index (χ4v) is 5.49. The number of aromatic nitrogens is 1. The minimum absolute atomic E-state index is 0.180. The van der Waals surface area contributed by atoms with Gasteiger partial charge in [0.2, 0.25) is 5.91 Å². The molecule has 39 heavy (non-hydrogen) atoms. The maximum Gasteiger partial charge on any atom is 0.255 e. The number of amides is 2. The number of hydrogen-bond acceptors (Lipinski definition) is 2. The zero-order chi connectivity index (χ0) is 27.1. The van der Waals surface area contributed by atoms with Gasteiger partial charge in [-0.15, -0.1) is 0 Å². The second-order valence-corrected chi connectivity index (χ2v) is 10.0. The molecule has 2 heterocycles. The highest BCUT2D eigenvalue weighted by Gasteiger charge is 2.44. The number of benzene rings is 4. The van der Waals surface area contributed by atoms with E-state index in [1.165, 1.54) is 12.1 Å². The van der Waals surface area contributed by atoms with E-state index in [2.05, 4.69) is 47.6 Å². The van der Waals surface area contributed by atoms with Crippen molar-refractivity contribution in [1.29, 1.82) is 0 Å². The van der Waals surface area contributed by atoms with E-state index in [0.717, 1.165) is 44.4 Å². The van der Waals surface area contributed by atoms with E-state index < -0.39 is 12.1 Å². The van der Waals surface area contributed by atoms with Gasteiger partial charge in [-0.25, -0.2) is 4.39 Å². The molecule has 0 bridgehead atoms. The number of carbonyl (C=O) groups excluding carboxylic acids is 2. The van der Waals surface area contributed by atoms with E-state index in [-0.39, 0.29) is 24.2 Å². The van der Waals surface area contributed by atoms with Crippen LogP contribution in [0.25, 0.3) is 22.2 Å². The first kappa shape index (κ1) is 24.6. The van der Waals surface area contributed by atoms with Crippen molar-refractivity contribution in [3.8, 4) is 11.3 Å². The van der Waals surface area contributed by atoms with Crippen molar-refractivity contribution in [3.05, 3.63) is 131 Å². The van der Waals surface area contributed by atoms with Crippen LogP contribution in [-0.2, 0) is 11.3 Å². The number of aryl methyl sites for hydroxylation is 1. The Bertz CT molecular complexity index is 1690. The molecule has 6 heteroatoms. The summed E-state index contributed by atoms with van der Waals surface area (Å²) < 4.78 is 13.3. The lowest BCUT2D eigenvalue weighted by Crippen LogP contribution is -2.46. The largest absolute Gasteiger partial charge is 0.354 e. The molecule has 2 amide bonds. The van der Waals surface area contributed by atoms with E-state index in [4.69, 9.17) is 0 Å². The summed E-state index contributed by atoms with van der Waals surface area (Å²) in [5.41, 5.74) is 7.28. The average Bonchev–Trinajstić information content (AvgIpc) is 3.47. The monoisotopic (exact) mass is 517 g/mol. The van der Waals surface area contributed by atoms with E-state index in [9.17, 15) is 14.0 Å². The minimum Gasteiger partial charge on any atom is -0.354 e. The highest BCUT2D eigenvalue weighted by atomic mass is 19.1. The molecule has 0 radical (unpaired) electrons. The Hall–Kier alpha value is -4.71. The molecule has 4 aromatic carbocycles. The van der Waals surface area contributed by atoms with E-state index in [0.29, 0.717) is 5.56 Å². The van der Waals surface area contributed by atoms with Gasteiger partial charge in [0.25, 0.3) is 5.91 Å². The molecule has 6 rings (SSSR count). The molecule has 0 saturated carbocycles. The fourth-order valence-electron chi connectivity index (χ4n) is 5.49. The summed E-state index contributed by atoms with van der Waals surface area (Å²) in [5.74, 6) is -0.785. The number of para-hydroxylation sites is 1. The quantitative estimate of drug-likeness (QED) is 0.269. The first-order valence-electron chi connectivity index (χ1n) is 13.0. The Morgan fingerprint density at radius 2 is 1.64 bits per heavy atom. The molecule has 5 aromatic rings. The van der Waals surface area contributed by atoms with E-state index >= 15 is 0 Å². The number of nitrogens with one attached hydrogen (secondary N) is 2. The van der Waals surface area contributed by atoms with Crippen LogP contribution in [0.4, 0.5) is 4.39 Å². The molecular formula is C33H28FN3O2. The number of carbonyl (C=O) groups is 2. The molecule has 0 saturated heterocycles. The summed E-state index contributed by atoms with van der Waals surface area (Å²) in [4.78, 5) is 32.6. The highest BCUT2D eigenvalue weighted by Crippen LogP contribution is 2.46. The van der Waals surface area contributed by atoms with Gasteiger partial charge in [0.1, 0.15) is 11.9 Å². The molecule has 0 unspecified atom stereocenters. The number of hydrogen-bond donors (Lipinski definition) is 2. The molecular weight excluding hydrogens is 489 g/mol. The van der Waals surface area contributed by atoms with Gasteiger partial charge >= 0.3 is 0 Å². The molecule has 1 aliphatic heterocycles. The third-order valence-corrected chi connectivity index (χ3v) is 7.54. The Morgan fingerprint density at radius 1 is 0.949 bits per heavy atom. The predicted octanol–water partition coefficient (Wildman–Crippen LogP) is 6.53. The molecule has 2 atom stereocenters. The van der Waals surface area contributed by atoms with Crippen LogP contribution < -0.4 is 5.32 Å². The Balaban J connectivity index is 1.44. The second-order valence-electron chi connectivity index (χ2n) is 10.0. The average molecular weight is 518 g/mol. The molecule has 5 nitrogen and oxygen atoms in total. The lowest BCUT2D eigenvalue weighted by Gasteiger charge is -2.31. The maximum absolute atomic E-state index is 13.9. The molecule has 0 fully saturated rings. The molecule has 1 aromatic heterocycles. The van der Waals surface area contributed by atoms with Gasteiger partial charge in [-0.3, -0.25) is 9.59 Å². The minimum atomic E-state index is -0.755. The van der Waals surface area contributed by atoms with Crippen molar-refractivity contribution in [1.82, 2.24) is 15.2 Å². The van der Waals surface area contributed by atoms with Crippen LogP contribution in [0.3, 0.4) is 0 Å². The van der Waals surface area contributed by atoms with Crippen LogP contribution >= 0.6 is 0 Å². The Kier molecular flexibility index (Phi) is 6.23. The van der Waals surface area contributed by atoms with Gasteiger partial charge in [0.15, 0.2) is 0 Å². The van der Waals surface area contributed by atoms with Crippen molar-refractivity contribution in [2.24, 2.45) is 0 Å². The van der Waals surface area contributed by atoms with Crippen molar-refractivity contribution in [2.75, 3.05) is 0 Å². The summed E-state index contributed by atoms with van der Waals surface area (Å²) in [6.07, 6.45) is 0. The third kappa shape index (κ3) is 4.38. The summed E-state index contributed by atoms with van der Waals surface area (Å²) in [6, 6.07) is 28.7. The molecule has 0 aliphatic carbocycles. The normalized spacial score (nSPS) is 15.4. The van der Waals surface area contributed by atoms with Crippen LogP contribution in [0.15, 0.2) is 97.1 Å². The maximum atomic E-state index is 13.9. The summed E-state index contributed by atoms with van der Waals surface area (Å²) >= 11 is 0. The fraction of sp³-hybridized carbons (Fsp3) is 0.152. The summed E-state index contributed by atoms with van der Waals surface area (Å²) in [7, 11) is 0. The molecule has 2 N–H and O–H groups in total. The van der Waals surface area contributed by atoms with E-state index in [1.807, 2.05) is 42.5 Å². The van der Waals surface area contributed by atoms with Gasteiger partial charge < -0.3 is 15.2 Å². The first-order chi connectivity index (χ1) is 18.9. The van der Waals surface area contributed by atoms with Crippen LogP contribution in [-0.4, -0.2) is 27.7 Å². The van der Waals surface area contributed by atoms with Gasteiger partial charge in [-0.05, 0) is 54.8 Å². The van der Waals surface area contributed by atoms with Crippen LogP contribution in [0.5, 0.6) is 0 Å². The highest BCUT2D eigenvalue weighted by molar-refractivity contribution is 6.04. The van der Waals surface area contributed by atoms with Crippen LogP contribution in [0.2, 0.25) is 0 Å². The number of halogens is 1. The topological polar surface area (TPSA) is 65.2 Å². The van der Waals surface area contributed by atoms with Gasteiger partial charge in [-0.2, -0.15) is 0 Å². The number of H-pyrrole nitrogens is 1. The summed E-state index contributed by atoms with van der Waals surface area (Å²) in [6.45, 7) is 4.05. The molecule has 0 spiro atoms. The van der Waals surface area contributed by atoms with Crippen molar-refractivity contribution >= 4 is 22.7 Å². The van der Waals surface area contributed by atoms with E-state index in [1.54, 1.807) is 24.0 Å². The van der Waals surface area contributed by atoms with Crippen molar-refractivity contribution in [3.63, 3.8) is 0 Å². The van der Waals surface area contributed by atoms with Gasteiger partial charge in [-0.1, -0.05) is 78.4 Å². The first-order valence-corrected chi connectivity index (χ1v) is 13.0. The van der Waals surface area contributed by atoms with Crippen molar-refractivity contribution < 1.29 is 14.0 Å². The SMILES string of the molecule is Cc1ccc(-c2[nH]c3ccccc3c2[C@@H]2c3ccccc3C(=O)N2[C@H](C)C(=O)NCc2ccc(F)cc2)cc1. The van der Waals surface area contributed by atoms with Crippen LogP contribution in [0, 0.1) is 12.7 Å². The lowest BCUT2D eigenvalue weighted by atomic mass is 9.92. The molecule has 1 aliphatic rings. The van der Waals surface area contributed by atoms with Gasteiger partial charge in [0.05, 0.1) is 11.7 Å². The number of fused-ring (bicyclic) bond motifs is 2. The van der Waals surface area contributed by atoms with Crippen molar-refractivity contribution in [2.45, 2.75) is 32.5 Å². The molecule has 194 valence electrons. The van der Waals surface area contributed by atoms with Gasteiger partial charge in [0, 0.05) is 28.6 Å². The van der Waals surface area contributed by atoms with Crippen LogP contribution in [0.1, 0.15) is 45.6 Å². The second kappa shape index (κ2) is 9.87.